The fraction of sp³-hybridized carbons (Fsp3) is 0.235. The molecule has 0 spiro atoms. The maximum absolute atomic E-state index is 11.9. The van der Waals surface area contributed by atoms with Crippen LogP contribution in [0, 0.1) is 0 Å². The van der Waals surface area contributed by atoms with Crippen molar-refractivity contribution in [2.45, 2.75) is 26.4 Å². The fourth-order valence-corrected chi connectivity index (χ4v) is 2.06. The standard InChI is InChI=1S/C17H21N3O2/c1-17(2,3)22-16(21)20-13-9-11(8-12(18)10-13)14-6-4-5-7-15(14)19/h4-10H,18-19H2,1-3H3,(H,20,21). The van der Waals surface area contributed by atoms with Gasteiger partial charge in [-0.05, 0) is 50.6 Å². The summed E-state index contributed by atoms with van der Waals surface area (Å²) in [7, 11) is 0. The Balaban J connectivity index is 2.28. The van der Waals surface area contributed by atoms with E-state index in [1.807, 2.05) is 57.2 Å². The Morgan fingerprint density at radius 1 is 1.09 bits per heavy atom. The van der Waals surface area contributed by atoms with E-state index in [1.54, 1.807) is 6.07 Å². The molecular weight excluding hydrogens is 278 g/mol. The van der Waals surface area contributed by atoms with Crippen LogP contribution in [0.1, 0.15) is 20.8 Å². The third-order valence-electron chi connectivity index (χ3n) is 2.87. The quantitative estimate of drug-likeness (QED) is 0.734. The highest BCUT2D eigenvalue weighted by molar-refractivity contribution is 5.88. The summed E-state index contributed by atoms with van der Waals surface area (Å²) in [5.41, 5.74) is 14.8. The second-order valence-corrected chi connectivity index (χ2v) is 6.06. The van der Waals surface area contributed by atoms with Crippen LogP contribution in [0.3, 0.4) is 0 Å². The van der Waals surface area contributed by atoms with E-state index < -0.39 is 11.7 Å². The summed E-state index contributed by atoms with van der Waals surface area (Å²) in [5.74, 6) is 0. The summed E-state index contributed by atoms with van der Waals surface area (Å²) >= 11 is 0. The molecule has 0 saturated carbocycles. The van der Waals surface area contributed by atoms with E-state index in [0.717, 1.165) is 11.1 Å². The molecule has 0 unspecified atom stereocenters. The molecule has 1 amide bonds. The maximum atomic E-state index is 11.9. The minimum atomic E-state index is -0.558. The number of nitrogens with one attached hydrogen (secondary N) is 1. The highest BCUT2D eigenvalue weighted by Crippen LogP contribution is 2.30. The van der Waals surface area contributed by atoms with Gasteiger partial charge in [0.1, 0.15) is 5.60 Å². The lowest BCUT2D eigenvalue weighted by Crippen LogP contribution is -2.27. The van der Waals surface area contributed by atoms with Crippen molar-refractivity contribution in [1.29, 1.82) is 0 Å². The summed E-state index contributed by atoms with van der Waals surface area (Å²) in [5, 5.41) is 2.69. The largest absolute Gasteiger partial charge is 0.444 e. The SMILES string of the molecule is CC(C)(C)OC(=O)Nc1cc(N)cc(-c2ccccc2N)c1. The van der Waals surface area contributed by atoms with Crippen molar-refractivity contribution in [1.82, 2.24) is 0 Å². The minimum Gasteiger partial charge on any atom is -0.444 e. The average Bonchev–Trinajstić information content (AvgIpc) is 2.35. The Kier molecular flexibility index (Phi) is 4.26. The molecule has 2 rings (SSSR count). The Labute approximate surface area is 130 Å². The molecule has 5 nitrogen and oxygen atoms in total. The zero-order valence-corrected chi connectivity index (χ0v) is 13.0. The number of hydrogen-bond acceptors (Lipinski definition) is 4. The maximum Gasteiger partial charge on any atom is 0.412 e. The molecule has 0 saturated heterocycles. The molecule has 0 aliphatic heterocycles. The monoisotopic (exact) mass is 299 g/mol. The van der Waals surface area contributed by atoms with Gasteiger partial charge in [-0.2, -0.15) is 0 Å². The van der Waals surface area contributed by atoms with E-state index in [9.17, 15) is 4.79 Å². The zero-order chi connectivity index (χ0) is 16.3. The number of rotatable bonds is 2. The molecule has 0 heterocycles. The average molecular weight is 299 g/mol. The molecule has 22 heavy (non-hydrogen) atoms. The van der Waals surface area contributed by atoms with Crippen LogP contribution in [-0.2, 0) is 4.74 Å². The van der Waals surface area contributed by atoms with Gasteiger partial charge < -0.3 is 16.2 Å². The van der Waals surface area contributed by atoms with Crippen LogP contribution in [0.4, 0.5) is 21.9 Å². The van der Waals surface area contributed by atoms with Crippen LogP contribution in [0.15, 0.2) is 42.5 Å². The molecule has 0 aromatic heterocycles. The number of ether oxygens (including phenoxy) is 1. The molecule has 2 aromatic rings. The predicted octanol–water partition coefficient (Wildman–Crippen LogP) is 3.87. The van der Waals surface area contributed by atoms with E-state index in [1.165, 1.54) is 0 Å². The second-order valence-electron chi connectivity index (χ2n) is 6.06. The molecule has 0 radical (unpaired) electrons. The van der Waals surface area contributed by atoms with Gasteiger partial charge in [-0.1, -0.05) is 18.2 Å². The second kappa shape index (κ2) is 5.97. The molecule has 0 aliphatic rings. The molecule has 0 atom stereocenters. The lowest BCUT2D eigenvalue weighted by molar-refractivity contribution is 0.0636. The van der Waals surface area contributed by atoms with Crippen molar-refractivity contribution >= 4 is 23.2 Å². The summed E-state index contributed by atoms with van der Waals surface area (Å²) in [6, 6.07) is 12.8. The first-order chi connectivity index (χ1) is 10.2. The first-order valence-electron chi connectivity index (χ1n) is 7.00. The van der Waals surface area contributed by atoms with Crippen LogP contribution < -0.4 is 16.8 Å². The van der Waals surface area contributed by atoms with Crippen LogP contribution in [0.5, 0.6) is 0 Å². The predicted molar refractivity (Wildman–Crippen MR) is 90.6 cm³/mol. The number of benzene rings is 2. The van der Waals surface area contributed by atoms with Crippen molar-refractivity contribution in [3.8, 4) is 11.1 Å². The highest BCUT2D eigenvalue weighted by Gasteiger charge is 2.16. The molecule has 0 bridgehead atoms. The zero-order valence-electron chi connectivity index (χ0n) is 13.0. The van der Waals surface area contributed by atoms with E-state index in [2.05, 4.69) is 5.32 Å². The van der Waals surface area contributed by atoms with Crippen LogP contribution in [-0.4, -0.2) is 11.7 Å². The number of nitrogens with two attached hydrogens (primary N) is 2. The Morgan fingerprint density at radius 2 is 1.77 bits per heavy atom. The summed E-state index contributed by atoms with van der Waals surface area (Å²) in [4.78, 5) is 11.9. The van der Waals surface area contributed by atoms with Crippen molar-refractivity contribution < 1.29 is 9.53 Å². The van der Waals surface area contributed by atoms with Gasteiger partial charge in [0, 0.05) is 22.6 Å². The van der Waals surface area contributed by atoms with Gasteiger partial charge in [-0.25, -0.2) is 4.79 Å². The first kappa shape index (κ1) is 15.7. The number of hydrogen-bond donors (Lipinski definition) is 3. The molecular formula is C17H21N3O2. The van der Waals surface area contributed by atoms with Crippen molar-refractivity contribution in [2.24, 2.45) is 0 Å². The summed E-state index contributed by atoms with van der Waals surface area (Å²) < 4.78 is 5.24. The van der Waals surface area contributed by atoms with E-state index >= 15 is 0 Å². The first-order valence-corrected chi connectivity index (χ1v) is 7.00. The lowest BCUT2D eigenvalue weighted by atomic mass is 10.0. The Bertz CT molecular complexity index is 691. The Hall–Kier alpha value is -2.69. The molecule has 5 N–H and O–H groups in total. The third-order valence-corrected chi connectivity index (χ3v) is 2.87. The normalized spacial score (nSPS) is 11.0. The number of para-hydroxylation sites is 1. The van der Waals surface area contributed by atoms with Crippen LogP contribution in [0.25, 0.3) is 11.1 Å². The number of carbonyl (C=O) groups is 1. The molecule has 2 aromatic carbocycles. The topological polar surface area (TPSA) is 90.4 Å². The molecule has 0 aliphatic carbocycles. The summed E-state index contributed by atoms with van der Waals surface area (Å²) in [6.07, 6.45) is -0.523. The van der Waals surface area contributed by atoms with Gasteiger partial charge in [0.15, 0.2) is 0 Å². The van der Waals surface area contributed by atoms with E-state index in [4.69, 9.17) is 16.2 Å². The van der Waals surface area contributed by atoms with Crippen LogP contribution >= 0.6 is 0 Å². The number of carbonyl (C=O) groups excluding carboxylic acids is 1. The van der Waals surface area contributed by atoms with Crippen molar-refractivity contribution in [3.05, 3.63) is 42.5 Å². The van der Waals surface area contributed by atoms with Gasteiger partial charge in [0.25, 0.3) is 0 Å². The Morgan fingerprint density at radius 3 is 2.41 bits per heavy atom. The summed E-state index contributed by atoms with van der Waals surface area (Å²) in [6.45, 7) is 5.42. The van der Waals surface area contributed by atoms with Gasteiger partial charge in [0.2, 0.25) is 0 Å². The number of amides is 1. The highest BCUT2D eigenvalue weighted by atomic mass is 16.6. The molecule has 116 valence electrons. The smallest absolute Gasteiger partial charge is 0.412 e. The van der Waals surface area contributed by atoms with E-state index in [0.29, 0.717) is 17.1 Å². The van der Waals surface area contributed by atoms with Crippen LogP contribution in [0.2, 0.25) is 0 Å². The molecule has 0 fully saturated rings. The minimum absolute atomic E-state index is 0.523. The number of anilines is 3. The van der Waals surface area contributed by atoms with Crippen molar-refractivity contribution in [2.75, 3.05) is 16.8 Å². The van der Waals surface area contributed by atoms with Crippen molar-refractivity contribution in [3.63, 3.8) is 0 Å². The van der Waals surface area contributed by atoms with Gasteiger partial charge in [0.05, 0.1) is 0 Å². The third kappa shape index (κ3) is 4.15. The van der Waals surface area contributed by atoms with Gasteiger partial charge in [-0.3, -0.25) is 5.32 Å². The lowest BCUT2D eigenvalue weighted by Gasteiger charge is -2.20. The van der Waals surface area contributed by atoms with Gasteiger partial charge >= 0.3 is 6.09 Å². The number of nitrogen functional groups attached to an aromatic ring is 2. The molecule has 5 heteroatoms. The van der Waals surface area contributed by atoms with Gasteiger partial charge in [-0.15, -0.1) is 0 Å². The fourth-order valence-electron chi connectivity index (χ4n) is 2.06. The van der Waals surface area contributed by atoms with E-state index in [-0.39, 0.29) is 0 Å².